The van der Waals surface area contributed by atoms with E-state index in [1.165, 1.54) is 18.3 Å². The Bertz CT molecular complexity index is 335. The van der Waals surface area contributed by atoms with Crippen LogP contribution in [0.1, 0.15) is 38.8 Å². The molecule has 0 N–H and O–H groups in total. The summed E-state index contributed by atoms with van der Waals surface area (Å²) in [5.74, 6) is 0. The minimum absolute atomic E-state index is 0.255. The van der Waals surface area contributed by atoms with Gasteiger partial charge in [-0.3, -0.25) is 0 Å². The van der Waals surface area contributed by atoms with Crippen molar-refractivity contribution in [1.29, 1.82) is 0 Å². The molecule has 14 heavy (non-hydrogen) atoms. The molecule has 0 atom stereocenters. The van der Waals surface area contributed by atoms with Crippen molar-refractivity contribution in [2.45, 2.75) is 39.5 Å². The maximum Gasteiger partial charge on any atom is 0.0210 e. The number of hydrogen-bond acceptors (Lipinski definition) is 0. The highest BCUT2D eigenvalue weighted by molar-refractivity contribution is 14.1. The molecule has 0 bridgehead atoms. The fraction of sp³-hybridized carbons (Fsp3) is 0.500. The predicted octanol–water partition coefficient (Wildman–Crippen LogP) is 4.76. The Balaban J connectivity index is 3.36. The van der Waals surface area contributed by atoms with E-state index in [2.05, 4.69) is 85.0 Å². The minimum atomic E-state index is 0.255. The molecular formula is C12H16I2. The molecule has 0 saturated heterocycles. The lowest BCUT2D eigenvalue weighted by molar-refractivity contribution is 0.585. The first-order chi connectivity index (χ1) is 6.38. The van der Waals surface area contributed by atoms with Crippen LogP contribution in [0.2, 0.25) is 0 Å². The standard InChI is InChI=1S/C12H16I2/c1-5-8-10(13)7-6-9(11(8)14)12(2,3)4/h6-7H,5H2,1-4H3. The van der Waals surface area contributed by atoms with Crippen molar-refractivity contribution in [3.8, 4) is 0 Å². The summed E-state index contributed by atoms with van der Waals surface area (Å²) in [6.45, 7) is 9.05. The zero-order valence-electron chi connectivity index (χ0n) is 9.12. The van der Waals surface area contributed by atoms with E-state index in [1.807, 2.05) is 0 Å². The Kier molecular flexibility index (Phi) is 4.26. The molecular weight excluding hydrogens is 398 g/mol. The molecule has 78 valence electrons. The zero-order valence-corrected chi connectivity index (χ0v) is 13.4. The summed E-state index contributed by atoms with van der Waals surface area (Å²) >= 11 is 4.91. The molecule has 0 spiro atoms. The first-order valence-electron chi connectivity index (χ1n) is 4.85. The molecule has 0 unspecified atom stereocenters. The summed E-state index contributed by atoms with van der Waals surface area (Å²) in [7, 11) is 0. The average molecular weight is 414 g/mol. The molecule has 0 aliphatic rings. The number of hydrogen-bond donors (Lipinski definition) is 0. The molecule has 0 aromatic heterocycles. The van der Waals surface area contributed by atoms with Crippen molar-refractivity contribution in [2.24, 2.45) is 0 Å². The van der Waals surface area contributed by atoms with Gasteiger partial charge in [0, 0.05) is 7.14 Å². The van der Waals surface area contributed by atoms with Gasteiger partial charge in [-0.2, -0.15) is 0 Å². The fourth-order valence-electron chi connectivity index (χ4n) is 1.50. The van der Waals surface area contributed by atoms with E-state index in [4.69, 9.17) is 0 Å². The van der Waals surface area contributed by atoms with Crippen LogP contribution in [0.3, 0.4) is 0 Å². The van der Waals surface area contributed by atoms with Gasteiger partial charge in [0.25, 0.3) is 0 Å². The van der Waals surface area contributed by atoms with E-state index in [9.17, 15) is 0 Å². The number of rotatable bonds is 1. The van der Waals surface area contributed by atoms with Crippen molar-refractivity contribution in [2.75, 3.05) is 0 Å². The summed E-state index contributed by atoms with van der Waals surface area (Å²) in [5, 5.41) is 0. The Morgan fingerprint density at radius 1 is 1.14 bits per heavy atom. The highest BCUT2D eigenvalue weighted by Gasteiger charge is 2.19. The molecule has 0 radical (unpaired) electrons. The minimum Gasteiger partial charge on any atom is -0.0612 e. The highest BCUT2D eigenvalue weighted by Crippen LogP contribution is 2.31. The molecule has 0 amide bonds. The van der Waals surface area contributed by atoms with Gasteiger partial charge in [-0.05, 0) is 74.2 Å². The van der Waals surface area contributed by atoms with Crippen molar-refractivity contribution in [1.82, 2.24) is 0 Å². The van der Waals surface area contributed by atoms with Crippen molar-refractivity contribution in [3.05, 3.63) is 30.4 Å². The Morgan fingerprint density at radius 2 is 1.71 bits per heavy atom. The second-order valence-electron chi connectivity index (χ2n) is 4.49. The van der Waals surface area contributed by atoms with Gasteiger partial charge in [0.15, 0.2) is 0 Å². The van der Waals surface area contributed by atoms with Crippen LogP contribution in [0, 0.1) is 7.14 Å². The molecule has 0 nitrogen and oxygen atoms in total. The Labute approximate surface area is 114 Å². The molecule has 0 aliphatic heterocycles. The maximum absolute atomic E-state index is 2.49. The van der Waals surface area contributed by atoms with Crippen LogP contribution < -0.4 is 0 Å². The Morgan fingerprint density at radius 3 is 2.14 bits per heavy atom. The third-order valence-corrected chi connectivity index (χ3v) is 4.59. The van der Waals surface area contributed by atoms with Crippen LogP contribution in [0.4, 0.5) is 0 Å². The van der Waals surface area contributed by atoms with E-state index in [1.54, 1.807) is 0 Å². The van der Waals surface area contributed by atoms with Gasteiger partial charge in [0.2, 0.25) is 0 Å². The summed E-state index contributed by atoms with van der Waals surface area (Å²) in [5.41, 5.74) is 3.22. The third kappa shape index (κ3) is 2.62. The van der Waals surface area contributed by atoms with Crippen LogP contribution in [0.5, 0.6) is 0 Å². The smallest absolute Gasteiger partial charge is 0.0210 e. The lowest BCUT2D eigenvalue weighted by Gasteiger charge is -2.23. The molecule has 1 rings (SSSR count). The maximum atomic E-state index is 2.49. The van der Waals surface area contributed by atoms with Crippen LogP contribution in [-0.4, -0.2) is 0 Å². The Hall–Kier alpha value is 0.680. The van der Waals surface area contributed by atoms with Gasteiger partial charge in [-0.1, -0.05) is 33.8 Å². The quantitative estimate of drug-likeness (QED) is 0.582. The van der Waals surface area contributed by atoms with E-state index >= 15 is 0 Å². The van der Waals surface area contributed by atoms with Crippen molar-refractivity contribution < 1.29 is 0 Å². The third-order valence-electron chi connectivity index (χ3n) is 2.35. The van der Waals surface area contributed by atoms with Gasteiger partial charge in [0.1, 0.15) is 0 Å². The van der Waals surface area contributed by atoms with Crippen LogP contribution in [-0.2, 0) is 11.8 Å². The largest absolute Gasteiger partial charge is 0.0612 e. The summed E-state index contributed by atoms with van der Waals surface area (Å²) in [6.07, 6.45) is 1.13. The summed E-state index contributed by atoms with van der Waals surface area (Å²) in [4.78, 5) is 0. The fourth-order valence-corrected chi connectivity index (χ4v) is 4.51. The second-order valence-corrected chi connectivity index (χ2v) is 6.73. The zero-order chi connectivity index (χ0) is 10.9. The topological polar surface area (TPSA) is 0 Å². The lowest BCUT2D eigenvalue weighted by atomic mass is 9.86. The average Bonchev–Trinajstić information content (AvgIpc) is 2.02. The predicted molar refractivity (Wildman–Crippen MR) is 80.0 cm³/mol. The molecule has 1 aromatic carbocycles. The lowest BCUT2D eigenvalue weighted by Crippen LogP contribution is -2.14. The molecule has 1 aromatic rings. The summed E-state index contributed by atoms with van der Waals surface area (Å²) in [6, 6.07) is 4.50. The van der Waals surface area contributed by atoms with E-state index in [-0.39, 0.29) is 5.41 Å². The molecule has 0 aliphatic carbocycles. The van der Waals surface area contributed by atoms with Gasteiger partial charge in [0.05, 0.1) is 0 Å². The summed E-state index contributed by atoms with van der Waals surface area (Å²) < 4.78 is 2.84. The van der Waals surface area contributed by atoms with Crippen molar-refractivity contribution >= 4 is 45.2 Å². The SMILES string of the molecule is CCc1c(I)ccc(C(C)(C)C)c1I. The second kappa shape index (κ2) is 4.68. The van der Waals surface area contributed by atoms with E-state index in [0.29, 0.717) is 0 Å². The van der Waals surface area contributed by atoms with Crippen LogP contribution in [0.15, 0.2) is 12.1 Å². The van der Waals surface area contributed by atoms with Gasteiger partial charge < -0.3 is 0 Å². The highest BCUT2D eigenvalue weighted by atomic mass is 127. The van der Waals surface area contributed by atoms with Gasteiger partial charge >= 0.3 is 0 Å². The first-order valence-corrected chi connectivity index (χ1v) is 7.01. The molecule has 2 heteroatoms. The normalized spacial score (nSPS) is 11.9. The van der Waals surface area contributed by atoms with E-state index < -0.39 is 0 Å². The monoisotopic (exact) mass is 414 g/mol. The number of halogens is 2. The van der Waals surface area contributed by atoms with Crippen molar-refractivity contribution in [3.63, 3.8) is 0 Å². The first kappa shape index (κ1) is 12.7. The molecule has 0 fully saturated rings. The van der Waals surface area contributed by atoms with Crippen LogP contribution >= 0.6 is 45.2 Å². The van der Waals surface area contributed by atoms with Crippen LogP contribution in [0.25, 0.3) is 0 Å². The molecule has 0 heterocycles. The van der Waals surface area contributed by atoms with E-state index in [0.717, 1.165) is 6.42 Å². The van der Waals surface area contributed by atoms with Gasteiger partial charge in [-0.25, -0.2) is 0 Å². The number of benzene rings is 1. The van der Waals surface area contributed by atoms with Gasteiger partial charge in [-0.15, -0.1) is 0 Å². The molecule has 0 saturated carbocycles.